The number of ether oxygens (including phenoxy) is 2. The summed E-state index contributed by atoms with van der Waals surface area (Å²) in [6.07, 6.45) is 2.59. The standard InChI is InChI=1S/C16H24O4/c1-9-10-7-11(12(9)20-13(17)15(2,3)4)16(8-10)5-6-19-14(16)18/h9-12H,5-8H2,1-4H3. The molecule has 1 saturated heterocycles. The van der Waals surface area contributed by atoms with Crippen LogP contribution in [0.1, 0.15) is 47.0 Å². The van der Waals surface area contributed by atoms with E-state index in [0.29, 0.717) is 18.4 Å². The maximum absolute atomic E-state index is 12.2. The van der Waals surface area contributed by atoms with Crippen molar-refractivity contribution in [1.82, 2.24) is 0 Å². The Bertz CT molecular complexity index is 450. The van der Waals surface area contributed by atoms with E-state index >= 15 is 0 Å². The third-order valence-electron chi connectivity index (χ3n) is 5.59. The number of hydrogen-bond donors (Lipinski definition) is 0. The lowest BCUT2D eigenvalue weighted by Crippen LogP contribution is -2.45. The molecule has 4 heteroatoms. The van der Waals surface area contributed by atoms with E-state index in [1.807, 2.05) is 20.8 Å². The molecule has 1 spiro atoms. The van der Waals surface area contributed by atoms with Gasteiger partial charge in [0.15, 0.2) is 0 Å². The quantitative estimate of drug-likeness (QED) is 0.693. The molecule has 3 aliphatic rings. The summed E-state index contributed by atoms with van der Waals surface area (Å²) in [6.45, 7) is 8.28. The van der Waals surface area contributed by atoms with Crippen LogP contribution >= 0.6 is 0 Å². The van der Waals surface area contributed by atoms with Gasteiger partial charge in [-0.05, 0) is 51.9 Å². The molecule has 0 aromatic rings. The van der Waals surface area contributed by atoms with E-state index in [1.54, 1.807) is 0 Å². The largest absolute Gasteiger partial charge is 0.465 e. The van der Waals surface area contributed by atoms with Gasteiger partial charge >= 0.3 is 11.9 Å². The maximum Gasteiger partial charge on any atom is 0.312 e. The summed E-state index contributed by atoms with van der Waals surface area (Å²) in [6, 6.07) is 0. The molecule has 3 fully saturated rings. The first kappa shape index (κ1) is 13.9. The fourth-order valence-corrected chi connectivity index (χ4v) is 4.32. The normalized spacial score (nSPS) is 43.1. The van der Waals surface area contributed by atoms with Crippen LogP contribution in [0.25, 0.3) is 0 Å². The second-order valence-electron chi connectivity index (χ2n) is 7.83. The smallest absolute Gasteiger partial charge is 0.312 e. The second-order valence-corrected chi connectivity index (χ2v) is 7.83. The highest BCUT2D eigenvalue weighted by Crippen LogP contribution is 2.62. The summed E-state index contributed by atoms with van der Waals surface area (Å²) in [7, 11) is 0. The summed E-state index contributed by atoms with van der Waals surface area (Å²) in [5, 5.41) is 0. The van der Waals surface area contributed by atoms with Crippen molar-refractivity contribution in [2.45, 2.75) is 53.1 Å². The molecule has 5 unspecified atom stereocenters. The van der Waals surface area contributed by atoms with Crippen molar-refractivity contribution < 1.29 is 19.1 Å². The summed E-state index contributed by atoms with van der Waals surface area (Å²) >= 11 is 0. The first-order valence-corrected chi connectivity index (χ1v) is 7.64. The minimum Gasteiger partial charge on any atom is -0.465 e. The van der Waals surface area contributed by atoms with Crippen LogP contribution in [0.3, 0.4) is 0 Å². The summed E-state index contributed by atoms with van der Waals surface area (Å²) < 4.78 is 11.0. The molecule has 0 aromatic heterocycles. The lowest BCUT2D eigenvalue weighted by atomic mass is 9.68. The van der Waals surface area contributed by atoms with E-state index in [4.69, 9.17) is 9.47 Å². The molecule has 20 heavy (non-hydrogen) atoms. The van der Waals surface area contributed by atoms with Crippen LogP contribution in [0.15, 0.2) is 0 Å². The highest BCUT2D eigenvalue weighted by atomic mass is 16.6. The van der Waals surface area contributed by atoms with Crippen molar-refractivity contribution in [1.29, 1.82) is 0 Å². The number of cyclic esters (lactones) is 1. The predicted octanol–water partition coefficient (Wildman–Crippen LogP) is 2.55. The number of rotatable bonds is 1. The van der Waals surface area contributed by atoms with E-state index in [0.717, 1.165) is 19.3 Å². The molecule has 2 saturated carbocycles. The molecule has 1 heterocycles. The van der Waals surface area contributed by atoms with Crippen molar-refractivity contribution in [3.63, 3.8) is 0 Å². The molecule has 0 N–H and O–H groups in total. The third kappa shape index (κ3) is 1.80. The zero-order chi connectivity index (χ0) is 14.7. The summed E-state index contributed by atoms with van der Waals surface area (Å²) in [4.78, 5) is 24.3. The average molecular weight is 280 g/mol. The predicted molar refractivity (Wildman–Crippen MR) is 72.7 cm³/mol. The van der Waals surface area contributed by atoms with Gasteiger partial charge in [-0.1, -0.05) is 6.92 Å². The van der Waals surface area contributed by atoms with Gasteiger partial charge in [-0.25, -0.2) is 0 Å². The minimum atomic E-state index is -0.495. The summed E-state index contributed by atoms with van der Waals surface area (Å²) in [5.74, 6) is 0.773. The minimum absolute atomic E-state index is 0.0614. The van der Waals surface area contributed by atoms with Crippen LogP contribution < -0.4 is 0 Å². The fraction of sp³-hybridized carbons (Fsp3) is 0.875. The lowest BCUT2D eigenvalue weighted by molar-refractivity contribution is -0.172. The fourth-order valence-electron chi connectivity index (χ4n) is 4.32. The number of hydrogen-bond acceptors (Lipinski definition) is 4. The number of carbonyl (C=O) groups is 2. The van der Waals surface area contributed by atoms with Gasteiger partial charge in [0.25, 0.3) is 0 Å². The van der Waals surface area contributed by atoms with Crippen LogP contribution in [0.4, 0.5) is 0 Å². The van der Waals surface area contributed by atoms with Gasteiger partial charge < -0.3 is 9.47 Å². The molecule has 1 aliphatic heterocycles. The Labute approximate surface area is 120 Å². The van der Waals surface area contributed by atoms with E-state index in [9.17, 15) is 9.59 Å². The SMILES string of the molecule is CC1C2CC(C1OC(=O)C(C)(C)C)C1(CCOC1=O)C2. The number of esters is 2. The highest BCUT2D eigenvalue weighted by Gasteiger charge is 2.65. The van der Waals surface area contributed by atoms with Crippen LogP contribution in [-0.2, 0) is 19.1 Å². The molecule has 4 nitrogen and oxygen atoms in total. The Morgan fingerprint density at radius 1 is 1.40 bits per heavy atom. The van der Waals surface area contributed by atoms with Gasteiger partial charge in [0.1, 0.15) is 6.10 Å². The van der Waals surface area contributed by atoms with Crippen LogP contribution in [0.2, 0.25) is 0 Å². The zero-order valence-corrected chi connectivity index (χ0v) is 12.8. The molecule has 2 aliphatic carbocycles. The highest BCUT2D eigenvalue weighted by molar-refractivity contribution is 5.80. The van der Waals surface area contributed by atoms with Crippen molar-refractivity contribution in [2.24, 2.45) is 28.6 Å². The molecule has 0 aromatic carbocycles. The van der Waals surface area contributed by atoms with Gasteiger partial charge in [-0.15, -0.1) is 0 Å². The average Bonchev–Trinajstić information content (AvgIpc) is 2.97. The van der Waals surface area contributed by atoms with Crippen molar-refractivity contribution in [3.05, 3.63) is 0 Å². The van der Waals surface area contributed by atoms with Crippen molar-refractivity contribution >= 4 is 11.9 Å². The first-order chi connectivity index (χ1) is 9.25. The van der Waals surface area contributed by atoms with Crippen LogP contribution in [0, 0.1) is 28.6 Å². The van der Waals surface area contributed by atoms with Crippen molar-refractivity contribution in [3.8, 4) is 0 Å². The van der Waals surface area contributed by atoms with E-state index < -0.39 is 5.41 Å². The molecule has 0 amide bonds. The Balaban J connectivity index is 1.82. The molecule has 3 rings (SSSR count). The van der Waals surface area contributed by atoms with Gasteiger partial charge in [0, 0.05) is 5.92 Å². The topological polar surface area (TPSA) is 52.6 Å². The van der Waals surface area contributed by atoms with E-state index in [1.165, 1.54) is 0 Å². The molecule has 0 radical (unpaired) electrons. The molecule has 5 atom stereocenters. The molecular formula is C16H24O4. The molecular weight excluding hydrogens is 256 g/mol. The Morgan fingerprint density at radius 2 is 2.10 bits per heavy atom. The Morgan fingerprint density at radius 3 is 2.60 bits per heavy atom. The van der Waals surface area contributed by atoms with E-state index in [2.05, 4.69) is 6.92 Å². The van der Waals surface area contributed by atoms with Gasteiger partial charge in [-0.3, -0.25) is 9.59 Å². The van der Waals surface area contributed by atoms with E-state index in [-0.39, 0.29) is 29.4 Å². The van der Waals surface area contributed by atoms with Gasteiger partial charge in [-0.2, -0.15) is 0 Å². The maximum atomic E-state index is 12.2. The van der Waals surface area contributed by atoms with Gasteiger partial charge in [0.2, 0.25) is 0 Å². The summed E-state index contributed by atoms with van der Waals surface area (Å²) in [5.41, 5.74) is -0.856. The number of fused-ring (bicyclic) bond motifs is 3. The van der Waals surface area contributed by atoms with Gasteiger partial charge in [0.05, 0.1) is 17.4 Å². The lowest BCUT2D eigenvalue weighted by Gasteiger charge is -2.39. The van der Waals surface area contributed by atoms with Crippen LogP contribution in [0.5, 0.6) is 0 Å². The first-order valence-electron chi connectivity index (χ1n) is 7.64. The molecule has 112 valence electrons. The Kier molecular flexibility index (Phi) is 2.93. The Hall–Kier alpha value is -1.06. The van der Waals surface area contributed by atoms with Crippen molar-refractivity contribution in [2.75, 3.05) is 6.61 Å². The monoisotopic (exact) mass is 280 g/mol. The third-order valence-corrected chi connectivity index (χ3v) is 5.59. The molecule has 2 bridgehead atoms. The number of carbonyl (C=O) groups excluding carboxylic acids is 2. The van der Waals surface area contributed by atoms with Crippen LogP contribution in [-0.4, -0.2) is 24.6 Å². The second kappa shape index (κ2) is 4.22. The zero-order valence-electron chi connectivity index (χ0n) is 12.8.